The number of nitrogens with zero attached hydrogens (tertiary/aromatic N) is 2. The molecule has 0 aliphatic carbocycles. The van der Waals surface area contributed by atoms with Crippen LogP contribution in [0.3, 0.4) is 0 Å². The normalized spacial score (nSPS) is 17.7. The van der Waals surface area contributed by atoms with E-state index in [-0.39, 0.29) is 18.6 Å². The summed E-state index contributed by atoms with van der Waals surface area (Å²) in [6.45, 7) is 6.23. The van der Waals surface area contributed by atoms with E-state index in [4.69, 9.17) is 14.4 Å². The molecule has 0 radical (unpaired) electrons. The molecule has 124 valence electrons. The van der Waals surface area contributed by atoms with Gasteiger partial charge in [-0.15, -0.1) is 0 Å². The molecular weight excluding hydrogens is 284 g/mol. The fourth-order valence-electron chi connectivity index (χ4n) is 2.53. The molecule has 1 atom stereocenters. The number of piperidine rings is 1. The third kappa shape index (κ3) is 4.30. The minimum Gasteiger partial charge on any atom is -0.396 e. The van der Waals surface area contributed by atoms with Gasteiger partial charge in [-0.1, -0.05) is 19.0 Å². The highest BCUT2D eigenvalue weighted by molar-refractivity contribution is 5.91. The first kappa shape index (κ1) is 17.0. The summed E-state index contributed by atoms with van der Waals surface area (Å²) >= 11 is 0. The Morgan fingerprint density at radius 1 is 1.55 bits per heavy atom. The van der Waals surface area contributed by atoms with Crippen molar-refractivity contribution < 1.29 is 19.2 Å². The summed E-state index contributed by atoms with van der Waals surface area (Å²) in [5, 5.41) is 12.7. The van der Waals surface area contributed by atoms with Crippen molar-refractivity contribution in [3.8, 4) is 0 Å². The third-order valence-corrected chi connectivity index (χ3v) is 4.24. The first-order valence-corrected chi connectivity index (χ1v) is 8.14. The van der Waals surface area contributed by atoms with Crippen LogP contribution < -0.4 is 0 Å². The molecule has 6 nitrogen and oxygen atoms in total. The van der Waals surface area contributed by atoms with E-state index in [0.29, 0.717) is 37.8 Å². The van der Waals surface area contributed by atoms with E-state index in [1.54, 1.807) is 11.0 Å². The summed E-state index contributed by atoms with van der Waals surface area (Å²) in [5.74, 6) is 0.543. The van der Waals surface area contributed by atoms with Gasteiger partial charge in [-0.25, -0.2) is 0 Å². The number of amides is 1. The van der Waals surface area contributed by atoms with E-state index in [1.807, 2.05) is 0 Å². The molecule has 1 aliphatic rings. The van der Waals surface area contributed by atoms with Crippen molar-refractivity contribution in [2.75, 3.05) is 26.3 Å². The zero-order valence-corrected chi connectivity index (χ0v) is 13.5. The highest BCUT2D eigenvalue weighted by atomic mass is 16.5. The third-order valence-electron chi connectivity index (χ3n) is 4.24. The zero-order chi connectivity index (χ0) is 15.9. The summed E-state index contributed by atoms with van der Waals surface area (Å²) in [5.41, 5.74) is 0.841. The molecule has 1 aliphatic heterocycles. The number of aliphatic hydroxyl groups is 1. The van der Waals surface area contributed by atoms with Crippen LogP contribution in [0.1, 0.15) is 61.7 Å². The average molecular weight is 310 g/mol. The van der Waals surface area contributed by atoms with Gasteiger partial charge < -0.3 is 19.3 Å². The topological polar surface area (TPSA) is 75.8 Å². The maximum Gasteiger partial charge on any atom is 0.292 e. The number of ether oxygens (including phenoxy) is 1. The van der Waals surface area contributed by atoms with Gasteiger partial charge in [0, 0.05) is 38.3 Å². The lowest BCUT2D eigenvalue weighted by molar-refractivity contribution is 0.00309. The van der Waals surface area contributed by atoms with Crippen LogP contribution in [0.4, 0.5) is 0 Å². The van der Waals surface area contributed by atoms with Crippen LogP contribution in [0.5, 0.6) is 0 Å². The van der Waals surface area contributed by atoms with Crippen LogP contribution in [-0.2, 0) is 4.74 Å². The molecule has 1 aromatic rings. The number of aliphatic hydroxyl groups excluding tert-OH is 1. The number of carbonyl (C=O) groups is 1. The van der Waals surface area contributed by atoms with Crippen LogP contribution in [-0.4, -0.2) is 53.5 Å². The van der Waals surface area contributed by atoms with Gasteiger partial charge in [0.05, 0.1) is 11.8 Å². The first-order chi connectivity index (χ1) is 10.7. The van der Waals surface area contributed by atoms with Crippen molar-refractivity contribution in [3.63, 3.8) is 0 Å². The van der Waals surface area contributed by atoms with E-state index in [0.717, 1.165) is 25.0 Å². The van der Waals surface area contributed by atoms with E-state index in [2.05, 4.69) is 19.0 Å². The largest absolute Gasteiger partial charge is 0.396 e. The number of likely N-dealkylation sites (tertiary alicyclic amines) is 1. The molecular formula is C16H26N2O4. The molecule has 1 N–H and O–H groups in total. The summed E-state index contributed by atoms with van der Waals surface area (Å²) in [7, 11) is 0. The molecule has 0 aromatic carbocycles. The second kappa shape index (κ2) is 8.29. The Morgan fingerprint density at radius 2 is 2.27 bits per heavy atom. The van der Waals surface area contributed by atoms with Crippen LogP contribution in [0, 0.1) is 0 Å². The Bertz CT molecular complexity index is 466. The number of hydrogen-bond acceptors (Lipinski definition) is 5. The quantitative estimate of drug-likeness (QED) is 0.781. The van der Waals surface area contributed by atoms with E-state index < -0.39 is 0 Å². The second-order valence-electron chi connectivity index (χ2n) is 5.86. The standard InChI is InChI=1S/C16H26N2O4/c1-3-12(2)14-11-15(22-17-14)16(20)18-7-5-13(6-8-18)21-10-4-9-19/h11-13,19H,3-10H2,1-2H3. The van der Waals surface area contributed by atoms with Gasteiger partial charge in [0.2, 0.25) is 5.76 Å². The Balaban J connectivity index is 1.83. The minimum absolute atomic E-state index is 0.0872. The Hall–Kier alpha value is -1.40. The molecule has 1 saturated heterocycles. The molecule has 1 fully saturated rings. The van der Waals surface area contributed by atoms with Crippen molar-refractivity contribution in [2.24, 2.45) is 0 Å². The van der Waals surface area contributed by atoms with Crippen molar-refractivity contribution >= 4 is 5.91 Å². The van der Waals surface area contributed by atoms with Gasteiger partial charge in [-0.3, -0.25) is 4.79 Å². The lowest BCUT2D eigenvalue weighted by Gasteiger charge is -2.31. The number of rotatable bonds is 7. The molecule has 2 heterocycles. The Morgan fingerprint density at radius 3 is 2.91 bits per heavy atom. The monoisotopic (exact) mass is 310 g/mol. The fraction of sp³-hybridized carbons (Fsp3) is 0.750. The van der Waals surface area contributed by atoms with Crippen LogP contribution in [0.25, 0.3) is 0 Å². The number of hydrogen-bond donors (Lipinski definition) is 1. The predicted molar refractivity (Wildman–Crippen MR) is 81.8 cm³/mol. The maximum atomic E-state index is 12.4. The van der Waals surface area contributed by atoms with Gasteiger partial charge in [0.25, 0.3) is 5.91 Å². The Labute approximate surface area is 131 Å². The lowest BCUT2D eigenvalue weighted by Crippen LogP contribution is -2.40. The zero-order valence-electron chi connectivity index (χ0n) is 13.5. The molecule has 1 aromatic heterocycles. The molecule has 2 rings (SSSR count). The van der Waals surface area contributed by atoms with Gasteiger partial charge in [0.1, 0.15) is 0 Å². The Kier molecular flexibility index (Phi) is 6.39. The summed E-state index contributed by atoms with van der Waals surface area (Å²) in [6.07, 6.45) is 3.46. The number of aromatic nitrogens is 1. The van der Waals surface area contributed by atoms with E-state index >= 15 is 0 Å². The number of carbonyl (C=O) groups excluding carboxylic acids is 1. The lowest BCUT2D eigenvalue weighted by atomic mass is 10.0. The van der Waals surface area contributed by atoms with Crippen molar-refractivity contribution in [3.05, 3.63) is 17.5 Å². The first-order valence-electron chi connectivity index (χ1n) is 8.14. The molecule has 1 amide bonds. The summed E-state index contributed by atoms with van der Waals surface area (Å²) in [6, 6.07) is 1.76. The highest BCUT2D eigenvalue weighted by Gasteiger charge is 2.26. The maximum absolute atomic E-state index is 12.4. The van der Waals surface area contributed by atoms with Gasteiger partial charge in [-0.2, -0.15) is 0 Å². The van der Waals surface area contributed by atoms with E-state index in [9.17, 15) is 4.79 Å². The van der Waals surface area contributed by atoms with Crippen LogP contribution >= 0.6 is 0 Å². The van der Waals surface area contributed by atoms with Crippen LogP contribution in [0.2, 0.25) is 0 Å². The fourth-order valence-corrected chi connectivity index (χ4v) is 2.53. The molecule has 0 bridgehead atoms. The predicted octanol–water partition coefficient (Wildman–Crippen LogP) is 2.19. The molecule has 6 heteroatoms. The van der Waals surface area contributed by atoms with Crippen molar-refractivity contribution in [1.82, 2.24) is 10.1 Å². The van der Waals surface area contributed by atoms with E-state index in [1.165, 1.54) is 0 Å². The smallest absolute Gasteiger partial charge is 0.292 e. The second-order valence-corrected chi connectivity index (χ2v) is 5.86. The molecule has 0 saturated carbocycles. The summed E-state index contributed by atoms with van der Waals surface area (Å²) in [4.78, 5) is 14.2. The highest BCUT2D eigenvalue weighted by Crippen LogP contribution is 2.21. The average Bonchev–Trinajstić information content (AvgIpc) is 3.04. The SMILES string of the molecule is CCC(C)c1cc(C(=O)N2CCC(OCCCO)CC2)on1. The summed E-state index contributed by atoms with van der Waals surface area (Å²) < 4.78 is 10.9. The van der Waals surface area contributed by atoms with Gasteiger partial charge in [0.15, 0.2) is 0 Å². The van der Waals surface area contributed by atoms with Gasteiger partial charge in [-0.05, 0) is 25.7 Å². The molecule has 22 heavy (non-hydrogen) atoms. The van der Waals surface area contributed by atoms with Crippen molar-refractivity contribution in [1.29, 1.82) is 0 Å². The molecule has 0 spiro atoms. The van der Waals surface area contributed by atoms with Gasteiger partial charge >= 0.3 is 0 Å². The minimum atomic E-state index is -0.0872. The van der Waals surface area contributed by atoms with Crippen molar-refractivity contribution in [2.45, 2.75) is 51.6 Å². The molecule has 1 unspecified atom stereocenters. The van der Waals surface area contributed by atoms with Crippen LogP contribution in [0.15, 0.2) is 10.6 Å².